The topological polar surface area (TPSA) is 144 Å². The summed E-state index contributed by atoms with van der Waals surface area (Å²) in [6, 6.07) is 18.6. The third-order valence-electron chi connectivity index (χ3n) is 5.26. The Labute approximate surface area is 221 Å². The number of ether oxygens (including phenoxy) is 3. The number of carboxylic acid groups (broad SMARTS) is 2. The first-order valence-electron chi connectivity index (χ1n) is 11.2. The van der Waals surface area contributed by atoms with Crippen molar-refractivity contribution < 1.29 is 34.0 Å². The van der Waals surface area contributed by atoms with Gasteiger partial charge in [0.05, 0.1) is 19.8 Å². The smallest absolute Gasteiger partial charge is 0.342 e. The SMILES string of the molecule is COc1cc(OC)cc(-c2nc(S/C(=C\c3ccc(OCc4cccc(C(=O)O)c4)cc3)C(=O)O)n[nH]2)c1. The first-order chi connectivity index (χ1) is 18.3. The van der Waals surface area contributed by atoms with Gasteiger partial charge in [-0.05, 0) is 65.4 Å². The number of aromatic nitrogens is 3. The number of carboxylic acids is 2. The standard InChI is InChI=1S/C27H23N3O7S/c1-35-21-12-19(13-22(14-21)36-2)24-28-27(30-29-24)38-23(26(33)34)11-16-6-8-20(9-7-16)37-15-17-4-3-5-18(10-17)25(31)32/h3-14H,15H2,1-2H3,(H,31,32)(H,33,34)(H,28,29,30)/b23-11-. The molecule has 0 aliphatic heterocycles. The van der Waals surface area contributed by atoms with Crippen molar-refractivity contribution in [3.8, 4) is 28.6 Å². The summed E-state index contributed by atoms with van der Waals surface area (Å²) in [5.74, 6) is 0.0269. The normalized spacial score (nSPS) is 11.2. The highest BCUT2D eigenvalue weighted by molar-refractivity contribution is 8.04. The molecule has 38 heavy (non-hydrogen) atoms. The van der Waals surface area contributed by atoms with Crippen molar-refractivity contribution in [2.75, 3.05) is 14.2 Å². The van der Waals surface area contributed by atoms with E-state index in [0.717, 1.165) is 17.3 Å². The number of methoxy groups -OCH3 is 2. The molecule has 3 N–H and O–H groups in total. The highest BCUT2D eigenvalue weighted by Crippen LogP contribution is 2.31. The van der Waals surface area contributed by atoms with Crippen LogP contribution in [-0.4, -0.2) is 51.6 Å². The lowest BCUT2D eigenvalue weighted by molar-refractivity contribution is -0.131. The van der Waals surface area contributed by atoms with Crippen LogP contribution in [0.3, 0.4) is 0 Å². The summed E-state index contributed by atoms with van der Waals surface area (Å²) in [4.78, 5) is 27.5. The van der Waals surface area contributed by atoms with Gasteiger partial charge in [-0.15, -0.1) is 5.10 Å². The third-order valence-corrected chi connectivity index (χ3v) is 6.14. The van der Waals surface area contributed by atoms with E-state index in [9.17, 15) is 14.7 Å². The molecule has 0 saturated carbocycles. The average molecular weight is 534 g/mol. The van der Waals surface area contributed by atoms with Crippen LogP contribution in [0, 0.1) is 0 Å². The third kappa shape index (κ3) is 6.71. The van der Waals surface area contributed by atoms with Crippen LogP contribution >= 0.6 is 11.8 Å². The number of carbonyl (C=O) groups is 2. The second kappa shape index (κ2) is 12.0. The van der Waals surface area contributed by atoms with E-state index in [2.05, 4.69) is 15.2 Å². The molecule has 0 saturated heterocycles. The second-order valence-electron chi connectivity index (χ2n) is 7.85. The highest BCUT2D eigenvalue weighted by atomic mass is 32.2. The summed E-state index contributed by atoms with van der Waals surface area (Å²) >= 11 is 0.909. The van der Waals surface area contributed by atoms with Gasteiger partial charge in [-0.1, -0.05) is 24.3 Å². The lowest BCUT2D eigenvalue weighted by atomic mass is 10.1. The molecule has 10 nitrogen and oxygen atoms in total. The number of aromatic amines is 1. The maximum atomic E-state index is 11.9. The molecular weight excluding hydrogens is 510 g/mol. The van der Waals surface area contributed by atoms with E-state index in [4.69, 9.17) is 19.3 Å². The zero-order valence-electron chi connectivity index (χ0n) is 20.4. The van der Waals surface area contributed by atoms with Crippen LogP contribution in [0.15, 0.2) is 76.8 Å². The average Bonchev–Trinajstić information content (AvgIpc) is 3.40. The van der Waals surface area contributed by atoms with E-state index in [1.807, 2.05) is 0 Å². The summed E-state index contributed by atoms with van der Waals surface area (Å²) in [7, 11) is 3.09. The minimum absolute atomic E-state index is 0.0259. The van der Waals surface area contributed by atoms with Gasteiger partial charge >= 0.3 is 11.9 Å². The fraction of sp³-hybridized carbons (Fsp3) is 0.111. The van der Waals surface area contributed by atoms with E-state index in [0.29, 0.717) is 34.2 Å². The number of hydrogen-bond donors (Lipinski definition) is 3. The first kappa shape index (κ1) is 26.3. The van der Waals surface area contributed by atoms with Crippen LogP contribution in [-0.2, 0) is 11.4 Å². The number of nitrogens with one attached hydrogen (secondary N) is 1. The molecule has 3 aromatic carbocycles. The van der Waals surface area contributed by atoms with Crippen molar-refractivity contribution in [1.82, 2.24) is 15.2 Å². The molecule has 0 unspecified atom stereocenters. The molecule has 0 bridgehead atoms. The Morgan fingerprint density at radius 2 is 1.66 bits per heavy atom. The number of H-pyrrole nitrogens is 1. The van der Waals surface area contributed by atoms with Gasteiger partial charge < -0.3 is 24.4 Å². The lowest BCUT2D eigenvalue weighted by Gasteiger charge is -2.07. The van der Waals surface area contributed by atoms with Crippen molar-refractivity contribution >= 4 is 29.8 Å². The van der Waals surface area contributed by atoms with Gasteiger partial charge in [0.1, 0.15) is 28.8 Å². The summed E-state index contributed by atoms with van der Waals surface area (Å²) < 4.78 is 16.3. The fourth-order valence-electron chi connectivity index (χ4n) is 3.37. The number of aliphatic carboxylic acids is 1. The number of rotatable bonds is 11. The number of thioether (sulfide) groups is 1. The van der Waals surface area contributed by atoms with Crippen molar-refractivity contribution in [2.24, 2.45) is 0 Å². The van der Waals surface area contributed by atoms with E-state index in [1.165, 1.54) is 12.1 Å². The maximum Gasteiger partial charge on any atom is 0.342 e. The monoisotopic (exact) mass is 533 g/mol. The highest BCUT2D eigenvalue weighted by Gasteiger charge is 2.15. The molecule has 4 aromatic rings. The predicted octanol–water partition coefficient (Wildman–Crippen LogP) is 4.98. The Morgan fingerprint density at radius 3 is 2.29 bits per heavy atom. The van der Waals surface area contributed by atoms with Gasteiger partial charge in [0.15, 0.2) is 5.82 Å². The van der Waals surface area contributed by atoms with Crippen molar-refractivity contribution in [3.63, 3.8) is 0 Å². The van der Waals surface area contributed by atoms with E-state index < -0.39 is 11.9 Å². The van der Waals surface area contributed by atoms with E-state index in [1.54, 1.807) is 74.9 Å². The molecule has 11 heteroatoms. The molecule has 1 aromatic heterocycles. The molecule has 0 spiro atoms. The Bertz CT molecular complexity index is 1460. The molecule has 4 rings (SSSR count). The van der Waals surface area contributed by atoms with Crippen LogP contribution in [0.4, 0.5) is 0 Å². The number of benzene rings is 3. The molecular formula is C27H23N3O7S. The number of nitrogens with zero attached hydrogens (tertiary/aromatic N) is 2. The van der Waals surface area contributed by atoms with Gasteiger partial charge in [-0.2, -0.15) is 0 Å². The fourth-order valence-corrected chi connectivity index (χ4v) is 4.08. The molecule has 0 aliphatic rings. The quantitative estimate of drug-likeness (QED) is 0.178. The van der Waals surface area contributed by atoms with Crippen molar-refractivity contribution in [3.05, 3.63) is 88.3 Å². The van der Waals surface area contributed by atoms with E-state index in [-0.39, 0.29) is 22.2 Å². The molecule has 194 valence electrons. The molecule has 0 amide bonds. The van der Waals surface area contributed by atoms with Crippen molar-refractivity contribution in [2.45, 2.75) is 11.8 Å². The summed E-state index contributed by atoms with van der Waals surface area (Å²) in [6.45, 7) is 0.193. The first-order valence-corrected chi connectivity index (χ1v) is 12.0. The number of hydrogen-bond acceptors (Lipinski definition) is 8. The molecule has 0 radical (unpaired) electrons. The van der Waals surface area contributed by atoms with Crippen molar-refractivity contribution in [1.29, 1.82) is 0 Å². The van der Waals surface area contributed by atoms with Gasteiger partial charge in [-0.25, -0.2) is 14.6 Å². The predicted molar refractivity (Wildman–Crippen MR) is 141 cm³/mol. The summed E-state index contributed by atoms with van der Waals surface area (Å²) in [5.41, 5.74) is 2.22. The Balaban J connectivity index is 1.45. The summed E-state index contributed by atoms with van der Waals surface area (Å²) in [5, 5.41) is 26.0. The Morgan fingerprint density at radius 1 is 0.947 bits per heavy atom. The summed E-state index contributed by atoms with van der Waals surface area (Å²) in [6.07, 6.45) is 1.51. The van der Waals surface area contributed by atoms with Crippen LogP contribution < -0.4 is 14.2 Å². The van der Waals surface area contributed by atoms with Crippen LogP contribution in [0.2, 0.25) is 0 Å². The van der Waals surface area contributed by atoms with Gasteiger partial charge in [0, 0.05) is 11.6 Å². The van der Waals surface area contributed by atoms with Gasteiger partial charge in [0.25, 0.3) is 0 Å². The number of aromatic carboxylic acids is 1. The second-order valence-corrected chi connectivity index (χ2v) is 8.86. The van der Waals surface area contributed by atoms with E-state index >= 15 is 0 Å². The molecule has 0 fully saturated rings. The minimum Gasteiger partial charge on any atom is -0.497 e. The van der Waals surface area contributed by atoms with Crippen LogP contribution in [0.5, 0.6) is 17.2 Å². The minimum atomic E-state index is -1.12. The van der Waals surface area contributed by atoms with Gasteiger partial charge in [0.2, 0.25) is 5.16 Å². The van der Waals surface area contributed by atoms with Crippen LogP contribution in [0.1, 0.15) is 21.5 Å². The molecule has 0 atom stereocenters. The zero-order valence-corrected chi connectivity index (χ0v) is 21.2. The lowest BCUT2D eigenvalue weighted by Crippen LogP contribution is -2.00. The Kier molecular flexibility index (Phi) is 8.29. The largest absolute Gasteiger partial charge is 0.497 e. The van der Waals surface area contributed by atoms with Crippen LogP contribution in [0.25, 0.3) is 17.5 Å². The molecule has 1 heterocycles. The van der Waals surface area contributed by atoms with Gasteiger partial charge in [-0.3, -0.25) is 5.10 Å². The zero-order chi connectivity index (χ0) is 27.1. The molecule has 0 aliphatic carbocycles. The Hall–Kier alpha value is -4.77. The maximum absolute atomic E-state index is 11.9.